The predicted octanol–water partition coefficient (Wildman–Crippen LogP) is 2.20. The highest BCUT2D eigenvalue weighted by Gasteiger charge is 2.26. The number of hydrogen-bond acceptors (Lipinski definition) is 7. The Kier molecular flexibility index (Phi) is 6.64. The second-order valence-electron chi connectivity index (χ2n) is 6.40. The molecule has 2 aromatic rings. The topological polar surface area (TPSA) is 93.0 Å². The molecule has 154 valence electrons. The van der Waals surface area contributed by atoms with Crippen molar-refractivity contribution in [2.45, 2.75) is 36.1 Å². The molecule has 1 atom stereocenters. The molecule has 1 aromatic heterocycles. The lowest BCUT2D eigenvalue weighted by Crippen LogP contribution is -2.44. The third kappa shape index (κ3) is 4.35. The van der Waals surface area contributed by atoms with Crippen LogP contribution in [-0.4, -0.2) is 73.2 Å². The number of nitrogens with zero attached hydrogens (tertiary/aromatic N) is 3. The van der Waals surface area contributed by atoms with Crippen molar-refractivity contribution in [3.8, 4) is 0 Å². The van der Waals surface area contributed by atoms with E-state index in [0.29, 0.717) is 55.7 Å². The Bertz CT molecular complexity index is 934. The molecule has 28 heavy (non-hydrogen) atoms. The Morgan fingerprint density at radius 3 is 2.61 bits per heavy atom. The molecule has 1 aromatic carbocycles. The van der Waals surface area contributed by atoms with Crippen LogP contribution < -0.4 is 0 Å². The van der Waals surface area contributed by atoms with Gasteiger partial charge in [0.1, 0.15) is 5.52 Å². The van der Waals surface area contributed by atoms with Gasteiger partial charge in [0, 0.05) is 26.2 Å². The second-order valence-corrected chi connectivity index (χ2v) is 9.63. The highest BCUT2D eigenvalue weighted by Crippen LogP contribution is 2.29. The lowest BCUT2D eigenvalue weighted by Gasteiger charge is -2.28. The number of amides is 1. The summed E-state index contributed by atoms with van der Waals surface area (Å²) in [4.78, 5) is 18.9. The molecule has 1 aliphatic rings. The van der Waals surface area contributed by atoms with Gasteiger partial charge in [-0.1, -0.05) is 25.6 Å². The van der Waals surface area contributed by atoms with Crippen molar-refractivity contribution in [1.82, 2.24) is 14.2 Å². The summed E-state index contributed by atoms with van der Waals surface area (Å²) >= 11 is 1.23. The molecule has 1 fully saturated rings. The van der Waals surface area contributed by atoms with Crippen molar-refractivity contribution in [3.63, 3.8) is 0 Å². The van der Waals surface area contributed by atoms with Gasteiger partial charge in [0.05, 0.1) is 23.4 Å². The zero-order chi connectivity index (χ0) is 20.3. The summed E-state index contributed by atoms with van der Waals surface area (Å²) in [5.74, 6) is 0.0142. The summed E-state index contributed by atoms with van der Waals surface area (Å²) < 4.78 is 37.8. The van der Waals surface area contributed by atoms with Crippen molar-refractivity contribution >= 4 is 38.8 Å². The minimum atomic E-state index is -3.56. The van der Waals surface area contributed by atoms with Crippen molar-refractivity contribution in [1.29, 1.82) is 0 Å². The number of thioether (sulfide) groups is 1. The minimum absolute atomic E-state index is 0.0142. The normalized spacial score (nSPS) is 16.6. The van der Waals surface area contributed by atoms with Crippen molar-refractivity contribution in [2.75, 3.05) is 39.4 Å². The fourth-order valence-corrected chi connectivity index (χ4v) is 5.37. The van der Waals surface area contributed by atoms with Crippen LogP contribution >= 0.6 is 11.8 Å². The van der Waals surface area contributed by atoms with Crippen molar-refractivity contribution in [2.24, 2.45) is 0 Å². The van der Waals surface area contributed by atoms with Gasteiger partial charge in [-0.05, 0) is 25.1 Å². The van der Waals surface area contributed by atoms with Crippen LogP contribution in [0.1, 0.15) is 20.8 Å². The van der Waals surface area contributed by atoms with Gasteiger partial charge in [0.25, 0.3) is 5.22 Å². The first-order valence-corrected chi connectivity index (χ1v) is 11.6. The monoisotopic (exact) mass is 427 g/mol. The number of oxazole rings is 1. The highest BCUT2D eigenvalue weighted by molar-refractivity contribution is 8.00. The number of rotatable bonds is 7. The van der Waals surface area contributed by atoms with E-state index in [-0.39, 0.29) is 16.1 Å². The summed E-state index contributed by atoms with van der Waals surface area (Å²) in [5, 5.41) is -0.00784. The van der Waals surface area contributed by atoms with E-state index in [1.807, 2.05) is 6.92 Å². The van der Waals surface area contributed by atoms with E-state index in [1.54, 1.807) is 24.8 Å². The van der Waals surface area contributed by atoms with Gasteiger partial charge in [-0.2, -0.15) is 4.31 Å². The van der Waals surface area contributed by atoms with E-state index in [9.17, 15) is 13.2 Å². The van der Waals surface area contributed by atoms with Gasteiger partial charge in [0.2, 0.25) is 15.9 Å². The SMILES string of the molecule is CCN(CC)S(=O)(=O)c1ccc2oc(S[C@@H](C)C(=O)N3CCOCC3)nc2c1. The summed E-state index contributed by atoms with van der Waals surface area (Å²) in [5.41, 5.74) is 0.953. The van der Waals surface area contributed by atoms with Crippen LogP contribution in [0.2, 0.25) is 0 Å². The predicted molar refractivity (Wildman–Crippen MR) is 107 cm³/mol. The number of carbonyl (C=O) groups excluding carboxylic acids is 1. The number of sulfonamides is 1. The first-order chi connectivity index (χ1) is 13.4. The Morgan fingerprint density at radius 2 is 1.96 bits per heavy atom. The lowest BCUT2D eigenvalue weighted by atomic mass is 10.3. The fourth-order valence-electron chi connectivity index (χ4n) is 3.05. The molecule has 1 saturated heterocycles. The second kappa shape index (κ2) is 8.81. The molecule has 0 aliphatic carbocycles. The number of carbonyl (C=O) groups is 1. The average Bonchev–Trinajstić information content (AvgIpc) is 3.10. The molecule has 0 bridgehead atoms. The van der Waals surface area contributed by atoms with Crippen molar-refractivity contribution < 1.29 is 22.4 Å². The Labute approximate surface area is 169 Å². The van der Waals surface area contributed by atoms with Crippen LogP contribution in [0.4, 0.5) is 0 Å². The van der Waals surface area contributed by atoms with Gasteiger partial charge in [0.15, 0.2) is 5.58 Å². The van der Waals surface area contributed by atoms with Crippen LogP contribution in [-0.2, 0) is 19.6 Å². The molecule has 1 aliphatic heterocycles. The number of aromatic nitrogens is 1. The summed E-state index contributed by atoms with van der Waals surface area (Å²) in [6.45, 7) is 8.50. The number of ether oxygens (including phenoxy) is 1. The quantitative estimate of drug-likeness (QED) is 0.625. The van der Waals surface area contributed by atoms with Gasteiger partial charge in [-0.25, -0.2) is 13.4 Å². The maximum Gasteiger partial charge on any atom is 0.257 e. The van der Waals surface area contributed by atoms with Crippen LogP contribution in [0.15, 0.2) is 32.7 Å². The first kappa shape index (κ1) is 21.1. The average molecular weight is 428 g/mol. The van der Waals surface area contributed by atoms with Gasteiger partial charge in [-0.15, -0.1) is 0 Å². The van der Waals surface area contributed by atoms with Crippen LogP contribution in [0, 0.1) is 0 Å². The molecular weight excluding hydrogens is 402 g/mol. The molecule has 8 nitrogen and oxygen atoms in total. The standard InChI is InChI=1S/C18H25N3O5S2/c1-4-21(5-2)28(23,24)14-6-7-16-15(12-14)19-18(26-16)27-13(3)17(22)20-8-10-25-11-9-20/h6-7,12-13H,4-5,8-11H2,1-3H3/t13-/m0/s1. The molecule has 3 rings (SSSR count). The molecule has 0 radical (unpaired) electrons. The number of fused-ring (bicyclic) bond motifs is 1. The first-order valence-electron chi connectivity index (χ1n) is 9.30. The van der Waals surface area contributed by atoms with E-state index in [1.165, 1.54) is 28.2 Å². The van der Waals surface area contributed by atoms with Gasteiger partial charge in [-0.3, -0.25) is 4.79 Å². The summed E-state index contributed by atoms with van der Waals surface area (Å²) in [6, 6.07) is 4.65. The minimum Gasteiger partial charge on any atom is -0.431 e. The Balaban J connectivity index is 1.78. The van der Waals surface area contributed by atoms with E-state index >= 15 is 0 Å². The van der Waals surface area contributed by atoms with Crippen LogP contribution in [0.5, 0.6) is 0 Å². The maximum absolute atomic E-state index is 12.7. The Hall–Kier alpha value is -1.62. The lowest BCUT2D eigenvalue weighted by molar-refractivity contribution is -0.134. The van der Waals surface area contributed by atoms with E-state index < -0.39 is 10.0 Å². The molecule has 0 N–H and O–H groups in total. The molecule has 0 unspecified atom stereocenters. The highest BCUT2D eigenvalue weighted by atomic mass is 32.2. The molecule has 1 amide bonds. The van der Waals surface area contributed by atoms with Crippen molar-refractivity contribution in [3.05, 3.63) is 18.2 Å². The van der Waals surface area contributed by atoms with Gasteiger partial charge < -0.3 is 14.1 Å². The number of benzene rings is 1. The Morgan fingerprint density at radius 1 is 1.29 bits per heavy atom. The summed E-state index contributed by atoms with van der Waals surface area (Å²) in [7, 11) is -3.56. The molecule has 10 heteroatoms. The summed E-state index contributed by atoms with van der Waals surface area (Å²) in [6.07, 6.45) is 0. The smallest absolute Gasteiger partial charge is 0.257 e. The maximum atomic E-state index is 12.7. The largest absolute Gasteiger partial charge is 0.431 e. The van der Waals surface area contributed by atoms with Crippen LogP contribution in [0.3, 0.4) is 0 Å². The third-order valence-corrected chi connectivity index (χ3v) is 7.61. The molecule has 0 spiro atoms. The zero-order valence-electron chi connectivity index (χ0n) is 16.3. The van der Waals surface area contributed by atoms with E-state index in [2.05, 4.69) is 4.98 Å². The number of morpholine rings is 1. The fraction of sp³-hybridized carbons (Fsp3) is 0.556. The van der Waals surface area contributed by atoms with Crippen LogP contribution in [0.25, 0.3) is 11.1 Å². The number of hydrogen-bond donors (Lipinski definition) is 0. The van der Waals surface area contributed by atoms with Gasteiger partial charge >= 0.3 is 0 Å². The molecule has 0 saturated carbocycles. The zero-order valence-corrected chi connectivity index (χ0v) is 17.9. The van der Waals surface area contributed by atoms with E-state index in [0.717, 1.165) is 0 Å². The third-order valence-electron chi connectivity index (χ3n) is 4.63. The molecule has 2 heterocycles. The molecular formula is C18H25N3O5S2. The van der Waals surface area contributed by atoms with E-state index in [4.69, 9.17) is 9.15 Å².